The molecule has 1 rings (SSSR count). The molecule has 13 heavy (non-hydrogen) atoms. The van der Waals surface area contributed by atoms with Crippen LogP contribution in [0.3, 0.4) is 0 Å². The van der Waals surface area contributed by atoms with Crippen LogP contribution in [-0.2, 0) is 6.42 Å². The third kappa shape index (κ3) is 3.19. The molecule has 0 aliphatic carbocycles. The SMILES string of the molecule is Cc1ccc(CCCCO)c(C)c1. The van der Waals surface area contributed by atoms with Gasteiger partial charge in [-0.25, -0.2) is 0 Å². The average molecular weight is 178 g/mol. The largest absolute Gasteiger partial charge is 0.396 e. The van der Waals surface area contributed by atoms with Crippen molar-refractivity contribution in [1.29, 1.82) is 0 Å². The average Bonchev–Trinajstić information content (AvgIpc) is 2.09. The lowest BCUT2D eigenvalue weighted by Gasteiger charge is -2.05. The number of aryl methyl sites for hydroxylation is 3. The minimum atomic E-state index is 0.310. The highest BCUT2D eigenvalue weighted by Crippen LogP contribution is 2.12. The van der Waals surface area contributed by atoms with E-state index < -0.39 is 0 Å². The normalized spacial score (nSPS) is 10.4. The molecule has 0 amide bonds. The van der Waals surface area contributed by atoms with Crippen LogP contribution in [0.2, 0.25) is 0 Å². The van der Waals surface area contributed by atoms with E-state index in [0.29, 0.717) is 6.61 Å². The number of hydrogen-bond acceptors (Lipinski definition) is 1. The zero-order valence-corrected chi connectivity index (χ0v) is 8.51. The van der Waals surface area contributed by atoms with Crippen molar-refractivity contribution in [3.8, 4) is 0 Å². The Labute approximate surface area is 80.4 Å². The molecule has 0 fully saturated rings. The lowest BCUT2D eigenvalue weighted by atomic mass is 10.0. The van der Waals surface area contributed by atoms with Crippen LogP contribution in [0.1, 0.15) is 29.5 Å². The molecule has 1 nitrogen and oxygen atoms in total. The zero-order valence-electron chi connectivity index (χ0n) is 8.51. The summed E-state index contributed by atoms with van der Waals surface area (Å²) in [5.41, 5.74) is 4.11. The predicted octanol–water partition coefficient (Wildman–Crippen LogP) is 2.62. The fourth-order valence-electron chi connectivity index (χ4n) is 1.55. The second-order valence-electron chi connectivity index (χ2n) is 3.61. The van der Waals surface area contributed by atoms with E-state index in [9.17, 15) is 0 Å². The zero-order chi connectivity index (χ0) is 9.68. The molecule has 1 heteroatoms. The molecular weight excluding hydrogens is 160 g/mol. The van der Waals surface area contributed by atoms with Gasteiger partial charge in [0.2, 0.25) is 0 Å². The molecule has 0 aliphatic rings. The summed E-state index contributed by atoms with van der Waals surface area (Å²) in [5.74, 6) is 0. The highest BCUT2D eigenvalue weighted by Gasteiger charge is 1.97. The molecule has 0 unspecified atom stereocenters. The molecule has 0 bridgehead atoms. The summed E-state index contributed by atoms with van der Waals surface area (Å²) >= 11 is 0. The summed E-state index contributed by atoms with van der Waals surface area (Å²) in [6.07, 6.45) is 3.08. The fraction of sp³-hybridized carbons (Fsp3) is 0.500. The fourth-order valence-corrected chi connectivity index (χ4v) is 1.55. The Bertz CT molecular complexity index is 266. The molecule has 1 aromatic rings. The van der Waals surface area contributed by atoms with Crippen LogP contribution < -0.4 is 0 Å². The highest BCUT2D eigenvalue weighted by atomic mass is 16.2. The van der Waals surface area contributed by atoms with Gasteiger partial charge in [-0.15, -0.1) is 0 Å². The summed E-state index contributed by atoms with van der Waals surface area (Å²) in [4.78, 5) is 0. The van der Waals surface area contributed by atoms with Crippen molar-refractivity contribution in [3.05, 3.63) is 34.9 Å². The second kappa shape index (κ2) is 5.03. The third-order valence-electron chi connectivity index (χ3n) is 2.35. The quantitative estimate of drug-likeness (QED) is 0.703. The van der Waals surface area contributed by atoms with Crippen LogP contribution in [-0.4, -0.2) is 11.7 Å². The highest BCUT2D eigenvalue weighted by molar-refractivity contribution is 5.30. The van der Waals surface area contributed by atoms with Crippen LogP contribution in [0.25, 0.3) is 0 Å². The van der Waals surface area contributed by atoms with Crippen molar-refractivity contribution < 1.29 is 5.11 Å². The number of rotatable bonds is 4. The van der Waals surface area contributed by atoms with Gasteiger partial charge in [0, 0.05) is 6.61 Å². The monoisotopic (exact) mass is 178 g/mol. The Morgan fingerprint density at radius 2 is 1.92 bits per heavy atom. The van der Waals surface area contributed by atoms with Crippen molar-refractivity contribution in [2.24, 2.45) is 0 Å². The lowest BCUT2D eigenvalue weighted by Crippen LogP contribution is -1.92. The van der Waals surface area contributed by atoms with Gasteiger partial charge in [-0.1, -0.05) is 23.8 Å². The Hall–Kier alpha value is -0.820. The lowest BCUT2D eigenvalue weighted by molar-refractivity contribution is 0.284. The van der Waals surface area contributed by atoms with E-state index in [2.05, 4.69) is 32.0 Å². The maximum absolute atomic E-state index is 8.66. The minimum absolute atomic E-state index is 0.310. The van der Waals surface area contributed by atoms with Crippen molar-refractivity contribution in [2.75, 3.05) is 6.61 Å². The number of hydrogen-bond donors (Lipinski definition) is 1. The van der Waals surface area contributed by atoms with E-state index in [1.807, 2.05) is 0 Å². The summed E-state index contributed by atoms with van der Waals surface area (Å²) in [6, 6.07) is 6.57. The third-order valence-corrected chi connectivity index (χ3v) is 2.35. The maximum Gasteiger partial charge on any atom is 0.0431 e. The predicted molar refractivity (Wildman–Crippen MR) is 55.9 cm³/mol. The van der Waals surface area contributed by atoms with Gasteiger partial charge in [-0.05, 0) is 44.2 Å². The van der Waals surface area contributed by atoms with E-state index in [1.165, 1.54) is 16.7 Å². The van der Waals surface area contributed by atoms with E-state index >= 15 is 0 Å². The molecule has 0 spiro atoms. The number of benzene rings is 1. The first-order valence-electron chi connectivity index (χ1n) is 4.91. The molecule has 0 heterocycles. The van der Waals surface area contributed by atoms with Crippen LogP contribution in [0.15, 0.2) is 18.2 Å². The first kappa shape index (κ1) is 10.3. The Kier molecular flexibility index (Phi) is 3.97. The summed E-state index contributed by atoms with van der Waals surface area (Å²) in [7, 11) is 0. The Morgan fingerprint density at radius 1 is 1.15 bits per heavy atom. The molecule has 0 aliphatic heterocycles. The van der Waals surface area contributed by atoms with Crippen LogP contribution >= 0.6 is 0 Å². The van der Waals surface area contributed by atoms with E-state index in [4.69, 9.17) is 5.11 Å². The van der Waals surface area contributed by atoms with Crippen LogP contribution in [0, 0.1) is 13.8 Å². The molecule has 1 aromatic carbocycles. The molecule has 0 atom stereocenters. The van der Waals surface area contributed by atoms with Gasteiger partial charge in [0.25, 0.3) is 0 Å². The molecule has 1 N–H and O–H groups in total. The molecule has 0 aromatic heterocycles. The van der Waals surface area contributed by atoms with Crippen molar-refractivity contribution in [1.82, 2.24) is 0 Å². The van der Waals surface area contributed by atoms with Crippen LogP contribution in [0.5, 0.6) is 0 Å². The smallest absolute Gasteiger partial charge is 0.0431 e. The summed E-state index contributed by atoms with van der Waals surface area (Å²) in [6.45, 7) is 4.58. The Morgan fingerprint density at radius 3 is 2.54 bits per heavy atom. The topological polar surface area (TPSA) is 20.2 Å². The number of unbranched alkanes of at least 4 members (excludes halogenated alkanes) is 1. The molecular formula is C12H18O. The van der Waals surface area contributed by atoms with E-state index in [-0.39, 0.29) is 0 Å². The van der Waals surface area contributed by atoms with Gasteiger partial charge < -0.3 is 5.11 Å². The standard InChI is InChI=1S/C12H18O/c1-10-6-7-12(11(2)9-10)5-3-4-8-13/h6-7,9,13H,3-5,8H2,1-2H3. The van der Waals surface area contributed by atoms with Crippen molar-refractivity contribution >= 4 is 0 Å². The van der Waals surface area contributed by atoms with Crippen LogP contribution in [0.4, 0.5) is 0 Å². The first-order chi connectivity index (χ1) is 6.24. The van der Waals surface area contributed by atoms with Gasteiger partial charge in [0.05, 0.1) is 0 Å². The molecule has 72 valence electrons. The minimum Gasteiger partial charge on any atom is -0.396 e. The molecule has 0 radical (unpaired) electrons. The Balaban J connectivity index is 2.56. The summed E-state index contributed by atoms with van der Waals surface area (Å²) < 4.78 is 0. The van der Waals surface area contributed by atoms with Crippen molar-refractivity contribution in [3.63, 3.8) is 0 Å². The number of aliphatic hydroxyl groups excluding tert-OH is 1. The maximum atomic E-state index is 8.66. The van der Waals surface area contributed by atoms with E-state index in [0.717, 1.165) is 19.3 Å². The first-order valence-corrected chi connectivity index (χ1v) is 4.91. The van der Waals surface area contributed by atoms with Gasteiger partial charge in [-0.3, -0.25) is 0 Å². The number of aliphatic hydroxyl groups is 1. The molecule has 0 saturated carbocycles. The van der Waals surface area contributed by atoms with Gasteiger partial charge >= 0.3 is 0 Å². The van der Waals surface area contributed by atoms with Gasteiger partial charge in [0.15, 0.2) is 0 Å². The van der Waals surface area contributed by atoms with E-state index in [1.54, 1.807) is 0 Å². The summed E-state index contributed by atoms with van der Waals surface area (Å²) in [5, 5.41) is 8.66. The van der Waals surface area contributed by atoms with Gasteiger partial charge in [0.1, 0.15) is 0 Å². The van der Waals surface area contributed by atoms with Gasteiger partial charge in [-0.2, -0.15) is 0 Å². The molecule has 0 saturated heterocycles. The second-order valence-corrected chi connectivity index (χ2v) is 3.61. The van der Waals surface area contributed by atoms with Crippen molar-refractivity contribution in [2.45, 2.75) is 33.1 Å².